The minimum atomic E-state index is -0.201. The zero-order chi connectivity index (χ0) is 19.6. The topological polar surface area (TPSA) is 65.9 Å². The SMILES string of the molecule is Cc1ccccc1NC(=S)NN=C1CC2(CCCCC2)Oc2ccc(O)cc21. The summed E-state index contributed by atoms with van der Waals surface area (Å²) in [4.78, 5) is 0. The molecular weight excluding hydrogens is 370 g/mol. The van der Waals surface area contributed by atoms with E-state index in [1.54, 1.807) is 12.1 Å². The van der Waals surface area contributed by atoms with Gasteiger partial charge < -0.3 is 15.2 Å². The number of hydrogen-bond donors (Lipinski definition) is 3. The van der Waals surface area contributed by atoms with E-state index in [4.69, 9.17) is 17.0 Å². The van der Waals surface area contributed by atoms with Gasteiger partial charge >= 0.3 is 0 Å². The lowest BCUT2D eigenvalue weighted by molar-refractivity contribution is 0.0320. The third-order valence-corrected chi connectivity index (χ3v) is 5.73. The fourth-order valence-electron chi connectivity index (χ4n) is 4.06. The Morgan fingerprint density at radius 2 is 1.93 bits per heavy atom. The van der Waals surface area contributed by atoms with E-state index in [0.717, 1.165) is 41.1 Å². The van der Waals surface area contributed by atoms with E-state index < -0.39 is 0 Å². The van der Waals surface area contributed by atoms with Gasteiger partial charge in [0.15, 0.2) is 5.11 Å². The number of hydrogen-bond acceptors (Lipinski definition) is 4. The number of benzene rings is 2. The molecule has 5 nitrogen and oxygen atoms in total. The predicted molar refractivity (Wildman–Crippen MR) is 116 cm³/mol. The average molecular weight is 396 g/mol. The number of aryl methyl sites for hydroxylation is 1. The van der Waals surface area contributed by atoms with Gasteiger partial charge in [0.25, 0.3) is 0 Å². The number of nitrogens with one attached hydrogen (secondary N) is 2. The number of phenolic OH excluding ortho intramolecular Hbond substituents is 1. The molecule has 4 rings (SSSR count). The highest BCUT2D eigenvalue weighted by Gasteiger charge is 2.40. The number of aromatic hydroxyl groups is 1. The zero-order valence-electron chi connectivity index (χ0n) is 16.0. The van der Waals surface area contributed by atoms with Crippen LogP contribution < -0.4 is 15.5 Å². The molecular formula is C22H25N3O2S. The molecule has 0 aromatic heterocycles. The second-order valence-corrected chi connectivity index (χ2v) is 8.05. The summed E-state index contributed by atoms with van der Waals surface area (Å²) in [5.41, 5.74) is 6.54. The Morgan fingerprint density at radius 3 is 2.71 bits per heavy atom. The molecule has 1 saturated carbocycles. The van der Waals surface area contributed by atoms with E-state index in [1.165, 1.54) is 19.3 Å². The van der Waals surface area contributed by atoms with Gasteiger partial charge in [-0.2, -0.15) is 5.10 Å². The number of phenols is 1. The van der Waals surface area contributed by atoms with Crippen LogP contribution in [0.5, 0.6) is 11.5 Å². The first-order chi connectivity index (χ1) is 13.5. The Morgan fingerprint density at radius 1 is 1.14 bits per heavy atom. The van der Waals surface area contributed by atoms with Gasteiger partial charge in [-0.3, -0.25) is 5.43 Å². The Labute approximate surface area is 170 Å². The van der Waals surface area contributed by atoms with Crippen LogP contribution in [0, 0.1) is 6.92 Å². The van der Waals surface area contributed by atoms with Crippen molar-refractivity contribution in [3.05, 3.63) is 53.6 Å². The number of nitrogens with zero attached hydrogens (tertiary/aromatic N) is 1. The molecule has 6 heteroatoms. The molecule has 0 atom stereocenters. The first kappa shape index (κ1) is 18.7. The summed E-state index contributed by atoms with van der Waals surface area (Å²) >= 11 is 5.43. The van der Waals surface area contributed by atoms with Crippen LogP contribution in [0.2, 0.25) is 0 Å². The van der Waals surface area contributed by atoms with Crippen molar-refractivity contribution >= 4 is 28.7 Å². The minimum Gasteiger partial charge on any atom is -0.508 e. The maximum absolute atomic E-state index is 9.94. The van der Waals surface area contributed by atoms with Crippen LogP contribution in [0.15, 0.2) is 47.6 Å². The van der Waals surface area contributed by atoms with Crippen molar-refractivity contribution in [2.24, 2.45) is 5.10 Å². The fraction of sp³-hybridized carbons (Fsp3) is 0.364. The second kappa shape index (κ2) is 7.80. The van der Waals surface area contributed by atoms with Crippen LogP contribution in [-0.2, 0) is 0 Å². The molecule has 146 valence electrons. The summed E-state index contributed by atoms with van der Waals surface area (Å²) in [5.74, 6) is 0.986. The third-order valence-electron chi connectivity index (χ3n) is 5.54. The van der Waals surface area contributed by atoms with Crippen LogP contribution in [-0.4, -0.2) is 21.5 Å². The van der Waals surface area contributed by atoms with Crippen molar-refractivity contribution in [2.75, 3.05) is 5.32 Å². The molecule has 1 heterocycles. The van der Waals surface area contributed by atoms with Crippen molar-refractivity contribution in [3.8, 4) is 11.5 Å². The first-order valence-corrected chi connectivity index (χ1v) is 10.2. The highest BCUT2D eigenvalue weighted by molar-refractivity contribution is 7.80. The van der Waals surface area contributed by atoms with Gasteiger partial charge in [-0.15, -0.1) is 0 Å². The molecule has 1 aliphatic heterocycles. The summed E-state index contributed by atoms with van der Waals surface area (Å²) < 4.78 is 6.40. The van der Waals surface area contributed by atoms with Crippen LogP contribution in [0.25, 0.3) is 0 Å². The molecule has 28 heavy (non-hydrogen) atoms. The predicted octanol–water partition coefficient (Wildman–Crippen LogP) is 4.88. The number of thiocarbonyl (C=S) groups is 1. The highest BCUT2D eigenvalue weighted by Crippen LogP contribution is 2.42. The highest BCUT2D eigenvalue weighted by atomic mass is 32.1. The lowest BCUT2D eigenvalue weighted by Crippen LogP contribution is -2.44. The van der Waals surface area contributed by atoms with Gasteiger partial charge in [0.05, 0.1) is 5.71 Å². The molecule has 1 aliphatic carbocycles. The Kier molecular flexibility index (Phi) is 5.22. The van der Waals surface area contributed by atoms with Crippen LogP contribution >= 0.6 is 12.2 Å². The summed E-state index contributed by atoms with van der Waals surface area (Å²) in [7, 11) is 0. The van der Waals surface area contributed by atoms with E-state index in [0.29, 0.717) is 11.5 Å². The number of para-hydroxylation sites is 1. The van der Waals surface area contributed by atoms with E-state index in [2.05, 4.69) is 15.8 Å². The number of ether oxygens (including phenoxy) is 1. The summed E-state index contributed by atoms with van der Waals surface area (Å²) in [6, 6.07) is 13.2. The fourth-order valence-corrected chi connectivity index (χ4v) is 4.21. The smallest absolute Gasteiger partial charge is 0.191 e. The zero-order valence-corrected chi connectivity index (χ0v) is 16.8. The first-order valence-electron chi connectivity index (χ1n) is 9.76. The molecule has 0 bridgehead atoms. The molecule has 1 fully saturated rings. The normalized spacial score (nSPS) is 19.0. The summed E-state index contributed by atoms with van der Waals surface area (Å²) in [6.45, 7) is 2.03. The van der Waals surface area contributed by atoms with E-state index in [-0.39, 0.29) is 11.4 Å². The van der Waals surface area contributed by atoms with Gasteiger partial charge in [0.1, 0.15) is 17.1 Å². The monoisotopic (exact) mass is 395 g/mol. The number of fused-ring (bicyclic) bond motifs is 1. The Balaban J connectivity index is 1.57. The molecule has 0 unspecified atom stereocenters. The molecule has 0 amide bonds. The van der Waals surface area contributed by atoms with Gasteiger partial charge in [-0.05, 0) is 74.7 Å². The number of hydrazone groups is 1. The molecule has 2 aromatic carbocycles. The van der Waals surface area contributed by atoms with Gasteiger partial charge in [-0.1, -0.05) is 24.6 Å². The van der Waals surface area contributed by atoms with Gasteiger partial charge in [-0.25, -0.2) is 0 Å². The molecule has 1 spiro atoms. The molecule has 3 N–H and O–H groups in total. The summed E-state index contributed by atoms with van der Waals surface area (Å²) in [6.07, 6.45) is 6.35. The maximum atomic E-state index is 9.94. The molecule has 2 aliphatic rings. The minimum absolute atomic E-state index is 0.201. The Bertz CT molecular complexity index is 920. The second-order valence-electron chi connectivity index (χ2n) is 7.64. The summed E-state index contributed by atoms with van der Waals surface area (Å²) in [5, 5.41) is 18.2. The van der Waals surface area contributed by atoms with Crippen molar-refractivity contribution < 1.29 is 9.84 Å². The largest absolute Gasteiger partial charge is 0.508 e. The van der Waals surface area contributed by atoms with Gasteiger partial charge in [0, 0.05) is 17.7 Å². The van der Waals surface area contributed by atoms with E-state index in [1.807, 2.05) is 37.3 Å². The lowest BCUT2D eigenvalue weighted by atomic mass is 9.78. The Hall–Kier alpha value is -2.60. The van der Waals surface area contributed by atoms with Crippen molar-refractivity contribution in [2.45, 2.75) is 51.0 Å². The average Bonchev–Trinajstić information content (AvgIpc) is 2.69. The van der Waals surface area contributed by atoms with E-state index >= 15 is 0 Å². The van der Waals surface area contributed by atoms with Gasteiger partial charge in [0.2, 0.25) is 0 Å². The standard InChI is InChI=1S/C22H25N3O2S/c1-15-7-3-4-8-18(15)23-21(28)25-24-19-14-22(11-5-2-6-12-22)27-20-10-9-16(26)13-17(19)20/h3-4,7-10,13,26H,2,5-6,11-12,14H2,1H3,(H2,23,25,28). The molecule has 0 radical (unpaired) electrons. The molecule has 2 aromatic rings. The van der Waals surface area contributed by atoms with Crippen LogP contribution in [0.1, 0.15) is 49.7 Å². The lowest BCUT2D eigenvalue weighted by Gasteiger charge is -2.41. The van der Waals surface area contributed by atoms with Crippen molar-refractivity contribution in [1.82, 2.24) is 5.43 Å². The van der Waals surface area contributed by atoms with Crippen LogP contribution in [0.3, 0.4) is 0 Å². The van der Waals surface area contributed by atoms with E-state index in [9.17, 15) is 5.11 Å². The van der Waals surface area contributed by atoms with Crippen molar-refractivity contribution in [1.29, 1.82) is 0 Å². The van der Waals surface area contributed by atoms with Crippen LogP contribution in [0.4, 0.5) is 5.69 Å². The molecule has 0 saturated heterocycles. The number of anilines is 1. The number of rotatable bonds is 2. The third kappa shape index (κ3) is 3.97. The van der Waals surface area contributed by atoms with Crippen molar-refractivity contribution in [3.63, 3.8) is 0 Å². The quantitative estimate of drug-likeness (QED) is 0.500. The maximum Gasteiger partial charge on any atom is 0.191 e.